The Hall–Kier alpha value is -3.65. The summed E-state index contributed by atoms with van der Waals surface area (Å²) in [6, 6.07) is 12.1. The van der Waals surface area contributed by atoms with E-state index < -0.39 is 0 Å². The van der Waals surface area contributed by atoms with Crippen molar-refractivity contribution in [2.24, 2.45) is 7.05 Å². The Labute approximate surface area is 186 Å². The predicted molar refractivity (Wildman–Crippen MR) is 124 cm³/mol. The molecule has 0 radical (unpaired) electrons. The van der Waals surface area contributed by atoms with Gasteiger partial charge in [-0.2, -0.15) is 15.3 Å². The molecule has 3 aromatic heterocycles. The molecular formula is C24H25N7O. The molecule has 5 rings (SSSR count). The Morgan fingerprint density at radius 2 is 1.94 bits per heavy atom. The summed E-state index contributed by atoms with van der Waals surface area (Å²) >= 11 is 0. The molecule has 32 heavy (non-hydrogen) atoms. The van der Waals surface area contributed by atoms with Crippen LogP contribution in [-0.2, 0) is 13.5 Å². The second kappa shape index (κ2) is 8.12. The van der Waals surface area contributed by atoms with Gasteiger partial charge in [0.1, 0.15) is 5.82 Å². The van der Waals surface area contributed by atoms with Crippen molar-refractivity contribution in [1.82, 2.24) is 29.9 Å². The van der Waals surface area contributed by atoms with Crippen molar-refractivity contribution in [2.75, 3.05) is 32.1 Å². The van der Waals surface area contributed by atoms with Crippen molar-refractivity contribution < 1.29 is 4.79 Å². The van der Waals surface area contributed by atoms with E-state index in [-0.39, 0.29) is 12.2 Å². The number of aromatic nitrogens is 5. The maximum absolute atomic E-state index is 13.0. The number of anilines is 1. The summed E-state index contributed by atoms with van der Waals surface area (Å²) in [6.07, 6.45) is 5.71. The fraction of sp³-hybridized carbons (Fsp3) is 0.292. The molecule has 1 fully saturated rings. The highest BCUT2D eigenvalue weighted by atomic mass is 16.1. The molecule has 0 atom stereocenters. The Morgan fingerprint density at radius 1 is 1.09 bits per heavy atom. The fourth-order valence-corrected chi connectivity index (χ4v) is 3.92. The molecule has 0 spiro atoms. The molecule has 8 nitrogen and oxygen atoms in total. The normalized spacial score (nSPS) is 14.2. The van der Waals surface area contributed by atoms with Crippen LogP contribution in [0.1, 0.15) is 16.1 Å². The zero-order chi connectivity index (χ0) is 22.2. The SMILES string of the molecule is CN(C)C1CN(c2cc(C(=O)Cc3cc4cc(-c5cnn(C)c5)ccc4nn3)ccn2)C1. The summed E-state index contributed by atoms with van der Waals surface area (Å²) in [4.78, 5) is 21.8. The molecule has 0 amide bonds. The second-order valence-corrected chi connectivity index (χ2v) is 8.54. The number of ketones is 1. The van der Waals surface area contributed by atoms with Crippen LogP contribution in [0, 0.1) is 0 Å². The summed E-state index contributed by atoms with van der Waals surface area (Å²) in [5.41, 5.74) is 4.19. The highest BCUT2D eigenvalue weighted by Crippen LogP contribution is 2.24. The average Bonchev–Trinajstić information content (AvgIpc) is 3.18. The molecule has 1 aliphatic rings. The van der Waals surface area contributed by atoms with Crippen LogP contribution in [0.2, 0.25) is 0 Å². The van der Waals surface area contributed by atoms with Crippen LogP contribution in [0.15, 0.2) is 55.0 Å². The molecule has 0 aliphatic carbocycles. The van der Waals surface area contributed by atoms with Gasteiger partial charge in [0, 0.05) is 55.1 Å². The quantitative estimate of drug-likeness (QED) is 0.438. The first-order chi connectivity index (χ1) is 15.5. The van der Waals surface area contributed by atoms with Gasteiger partial charge in [-0.1, -0.05) is 6.07 Å². The highest BCUT2D eigenvalue weighted by molar-refractivity contribution is 5.98. The molecular weight excluding hydrogens is 402 g/mol. The summed E-state index contributed by atoms with van der Waals surface area (Å²) < 4.78 is 1.78. The minimum atomic E-state index is 0.00963. The van der Waals surface area contributed by atoms with E-state index in [1.807, 2.05) is 43.7 Å². The zero-order valence-corrected chi connectivity index (χ0v) is 18.4. The number of hydrogen-bond donors (Lipinski definition) is 0. The van der Waals surface area contributed by atoms with Gasteiger partial charge < -0.3 is 9.80 Å². The smallest absolute Gasteiger partial charge is 0.169 e. The standard InChI is InChI=1S/C24H25N7O/c1-29(2)21-14-31(15-21)24-10-17(6-7-25-24)23(32)11-20-9-18-8-16(4-5-22(18)28-27-20)19-12-26-30(3)13-19/h4-10,12-13,21H,11,14-15H2,1-3H3. The molecule has 4 heterocycles. The van der Waals surface area contributed by atoms with Crippen molar-refractivity contribution >= 4 is 22.5 Å². The van der Waals surface area contributed by atoms with Gasteiger partial charge >= 0.3 is 0 Å². The predicted octanol–water partition coefficient (Wildman–Crippen LogP) is 2.60. The summed E-state index contributed by atoms with van der Waals surface area (Å²) in [7, 11) is 6.06. The summed E-state index contributed by atoms with van der Waals surface area (Å²) in [5.74, 6) is 0.857. The monoisotopic (exact) mass is 427 g/mol. The van der Waals surface area contributed by atoms with E-state index in [0.717, 1.165) is 40.9 Å². The molecule has 0 unspecified atom stereocenters. The van der Waals surface area contributed by atoms with Gasteiger partial charge in [0.2, 0.25) is 0 Å². The first-order valence-electron chi connectivity index (χ1n) is 10.6. The van der Waals surface area contributed by atoms with Crippen LogP contribution in [-0.4, -0.2) is 68.9 Å². The lowest BCUT2D eigenvalue weighted by molar-refractivity contribution is 0.0991. The number of pyridine rings is 1. The van der Waals surface area contributed by atoms with Crippen LogP contribution >= 0.6 is 0 Å². The minimum absolute atomic E-state index is 0.00963. The Morgan fingerprint density at radius 3 is 2.69 bits per heavy atom. The van der Waals surface area contributed by atoms with Gasteiger partial charge in [-0.05, 0) is 50.0 Å². The van der Waals surface area contributed by atoms with E-state index in [4.69, 9.17) is 0 Å². The lowest BCUT2D eigenvalue weighted by Gasteiger charge is -2.43. The maximum atomic E-state index is 13.0. The summed E-state index contributed by atoms with van der Waals surface area (Å²) in [5, 5.41) is 13.8. The Bertz CT molecular complexity index is 1290. The largest absolute Gasteiger partial charge is 0.353 e. The van der Waals surface area contributed by atoms with Gasteiger partial charge in [0.15, 0.2) is 5.78 Å². The van der Waals surface area contributed by atoms with E-state index in [9.17, 15) is 4.79 Å². The Balaban J connectivity index is 1.34. The van der Waals surface area contributed by atoms with E-state index in [1.165, 1.54) is 0 Å². The van der Waals surface area contributed by atoms with Gasteiger partial charge in [-0.3, -0.25) is 9.48 Å². The molecule has 8 heteroatoms. The van der Waals surface area contributed by atoms with Crippen molar-refractivity contribution in [3.63, 3.8) is 0 Å². The van der Waals surface area contributed by atoms with E-state index >= 15 is 0 Å². The van der Waals surface area contributed by atoms with Crippen LogP contribution in [0.5, 0.6) is 0 Å². The summed E-state index contributed by atoms with van der Waals surface area (Å²) in [6.45, 7) is 1.85. The van der Waals surface area contributed by atoms with E-state index in [0.29, 0.717) is 17.3 Å². The van der Waals surface area contributed by atoms with Gasteiger partial charge in [0.25, 0.3) is 0 Å². The molecule has 0 bridgehead atoms. The minimum Gasteiger partial charge on any atom is -0.353 e. The number of fused-ring (bicyclic) bond motifs is 1. The molecule has 0 N–H and O–H groups in total. The molecule has 4 aromatic rings. The van der Waals surface area contributed by atoms with Crippen LogP contribution in [0.25, 0.3) is 22.0 Å². The number of rotatable bonds is 6. The maximum Gasteiger partial charge on any atom is 0.169 e. The molecule has 1 saturated heterocycles. The van der Waals surface area contributed by atoms with Gasteiger partial charge in [0.05, 0.1) is 23.8 Å². The number of nitrogens with zero attached hydrogens (tertiary/aromatic N) is 7. The Kier molecular flexibility index (Phi) is 5.14. The first-order valence-corrected chi connectivity index (χ1v) is 10.6. The molecule has 1 aliphatic heterocycles. The van der Waals surface area contributed by atoms with Gasteiger partial charge in [-0.15, -0.1) is 0 Å². The molecule has 0 saturated carbocycles. The van der Waals surface area contributed by atoms with Gasteiger partial charge in [-0.25, -0.2) is 4.98 Å². The number of benzene rings is 1. The zero-order valence-electron chi connectivity index (χ0n) is 18.4. The second-order valence-electron chi connectivity index (χ2n) is 8.54. The van der Waals surface area contributed by atoms with Crippen molar-refractivity contribution in [2.45, 2.75) is 12.5 Å². The molecule has 162 valence electrons. The topological polar surface area (TPSA) is 80.0 Å². The van der Waals surface area contributed by atoms with Crippen LogP contribution < -0.4 is 4.90 Å². The van der Waals surface area contributed by atoms with Crippen molar-refractivity contribution in [1.29, 1.82) is 0 Å². The first kappa shape index (κ1) is 20.3. The molecule has 1 aromatic carbocycles. The van der Waals surface area contributed by atoms with E-state index in [1.54, 1.807) is 16.9 Å². The number of hydrogen-bond acceptors (Lipinski definition) is 7. The number of likely N-dealkylation sites (N-methyl/N-ethyl adjacent to an activating group) is 1. The third-order valence-electron chi connectivity index (χ3n) is 6.00. The number of aryl methyl sites for hydroxylation is 1. The third-order valence-corrected chi connectivity index (χ3v) is 6.00. The van der Waals surface area contributed by atoms with Crippen LogP contribution in [0.3, 0.4) is 0 Å². The lowest BCUT2D eigenvalue weighted by Crippen LogP contribution is -2.57. The van der Waals surface area contributed by atoms with E-state index in [2.05, 4.69) is 50.2 Å². The number of carbonyl (C=O) groups excluding carboxylic acids is 1. The third kappa shape index (κ3) is 3.97. The number of carbonyl (C=O) groups is 1. The van der Waals surface area contributed by atoms with Crippen molar-refractivity contribution in [3.8, 4) is 11.1 Å². The average molecular weight is 428 g/mol. The number of Topliss-reactive ketones (excluding diaryl/α,β-unsaturated/α-hetero) is 1. The highest BCUT2D eigenvalue weighted by Gasteiger charge is 2.29. The van der Waals surface area contributed by atoms with Crippen LogP contribution in [0.4, 0.5) is 5.82 Å². The lowest BCUT2D eigenvalue weighted by atomic mass is 10.0. The fourth-order valence-electron chi connectivity index (χ4n) is 3.92. The van der Waals surface area contributed by atoms with Crippen molar-refractivity contribution in [3.05, 3.63) is 66.2 Å².